The number of carbonyl (C=O) groups excluding carboxylic acids is 1. The lowest BCUT2D eigenvalue weighted by molar-refractivity contribution is -0.385. The molecular formula is C18H21N5O6S. The Bertz CT molecular complexity index is 1050. The number of ether oxygens (including phenoxy) is 1. The zero-order chi connectivity index (χ0) is 21.9. The molecule has 0 bridgehead atoms. The standard InChI is InChI=1S/C18H21N5O6S/c1-13-3-4-16(9-14(13)10-17(24)29-2)30(27,28)22-7-5-21(6-8-22)18-19-11-15(12-20-18)23(25)26/h3-4,9,11-12H,5-8,10H2,1-2H3. The number of nitrogens with zero attached hydrogens (tertiary/aromatic N) is 5. The number of nitro groups is 1. The molecule has 0 atom stereocenters. The summed E-state index contributed by atoms with van der Waals surface area (Å²) in [5, 5.41) is 10.7. The lowest BCUT2D eigenvalue weighted by Crippen LogP contribution is -2.49. The Hall–Kier alpha value is -3.12. The number of piperazine rings is 1. The van der Waals surface area contributed by atoms with Gasteiger partial charge < -0.3 is 9.64 Å². The number of rotatable bonds is 6. The van der Waals surface area contributed by atoms with E-state index < -0.39 is 20.9 Å². The van der Waals surface area contributed by atoms with Gasteiger partial charge in [-0.2, -0.15) is 4.31 Å². The highest BCUT2D eigenvalue weighted by molar-refractivity contribution is 7.89. The van der Waals surface area contributed by atoms with Crippen molar-refractivity contribution in [2.75, 3.05) is 38.2 Å². The quantitative estimate of drug-likeness (QED) is 0.368. The Labute approximate surface area is 173 Å². The van der Waals surface area contributed by atoms with Crippen molar-refractivity contribution < 1.29 is 22.9 Å². The molecule has 11 nitrogen and oxygen atoms in total. The maximum Gasteiger partial charge on any atom is 0.309 e. The van der Waals surface area contributed by atoms with Crippen LogP contribution in [0.2, 0.25) is 0 Å². The highest BCUT2D eigenvalue weighted by Gasteiger charge is 2.30. The lowest BCUT2D eigenvalue weighted by Gasteiger charge is -2.33. The zero-order valence-electron chi connectivity index (χ0n) is 16.5. The van der Waals surface area contributed by atoms with Gasteiger partial charge in [-0.3, -0.25) is 14.9 Å². The van der Waals surface area contributed by atoms with Crippen LogP contribution < -0.4 is 4.90 Å². The van der Waals surface area contributed by atoms with Crippen molar-refractivity contribution in [3.8, 4) is 0 Å². The summed E-state index contributed by atoms with van der Waals surface area (Å²) >= 11 is 0. The summed E-state index contributed by atoms with van der Waals surface area (Å²) < 4.78 is 32.1. The van der Waals surface area contributed by atoms with E-state index in [2.05, 4.69) is 14.7 Å². The van der Waals surface area contributed by atoms with Crippen molar-refractivity contribution in [3.63, 3.8) is 0 Å². The van der Waals surface area contributed by atoms with Gasteiger partial charge in [0, 0.05) is 26.2 Å². The molecule has 0 N–H and O–H groups in total. The summed E-state index contributed by atoms with van der Waals surface area (Å²) in [6.45, 7) is 2.92. The van der Waals surface area contributed by atoms with Crippen LogP contribution in [-0.4, -0.2) is 66.9 Å². The molecule has 30 heavy (non-hydrogen) atoms. The normalized spacial score (nSPS) is 15.1. The Kier molecular flexibility index (Phi) is 6.27. The molecule has 0 amide bonds. The molecule has 0 spiro atoms. The first-order chi connectivity index (χ1) is 14.2. The van der Waals surface area contributed by atoms with E-state index in [1.807, 2.05) is 0 Å². The van der Waals surface area contributed by atoms with Gasteiger partial charge in [0.15, 0.2) is 0 Å². The van der Waals surface area contributed by atoms with Crippen LogP contribution in [0, 0.1) is 17.0 Å². The molecule has 1 saturated heterocycles. The first-order valence-electron chi connectivity index (χ1n) is 9.10. The van der Waals surface area contributed by atoms with E-state index in [-0.39, 0.29) is 30.1 Å². The largest absolute Gasteiger partial charge is 0.469 e. The summed E-state index contributed by atoms with van der Waals surface area (Å²) in [6.07, 6.45) is 2.25. The maximum atomic E-state index is 13.1. The Morgan fingerprint density at radius 1 is 1.20 bits per heavy atom. The van der Waals surface area contributed by atoms with Gasteiger partial charge in [-0.1, -0.05) is 6.07 Å². The number of hydrogen-bond donors (Lipinski definition) is 0. The Morgan fingerprint density at radius 2 is 1.83 bits per heavy atom. The molecule has 2 aromatic rings. The highest BCUT2D eigenvalue weighted by Crippen LogP contribution is 2.22. The molecule has 0 radical (unpaired) electrons. The molecule has 3 rings (SSSR count). The average molecular weight is 435 g/mol. The maximum absolute atomic E-state index is 13.1. The van der Waals surface area contributed by atoms with Gasteiger partial charge in [-0.15, -0.1) is 0 Å². The molecule has 1 aromatic carbocycles. The van der Waals surface area contributed by atoms with Gasteiger partial charge in [-0.05, 0) is 30.2 Å². The molecule has 0 aliphatic carbocycles. The Balaban J connectivity index is 1.72. The predicted octanol–water partition coefficient (Wildman–Crippen LogP) is 0.920. The molecule has 1 aromatic heterocycles. The van der Waals surface area contributed by atoms with Gasteiger partial charge in [-0.25, -0.2) is 18.4 Å². The number of carbonyl (C=O) groups is 1. The molecule has 12 heteroatoms. The molecular weight excluding hydrogens is 414 g/mol. The zero-order valence-corrected chi connectivity index (χ0v) is 17.3. The van der Waals surface area contributed by atoms with E-state index in [1.165, 1.54) is 23.5 Å². The number of benzene rings is 1. The number of methoxy groups -OCH3 is 1. The minimum atomic E-state index is -3.74. The van der Waals surface area contributed by atoms with Crippen LogP contribution in [0.4, 0.5) is 11.6 Å². The molecule has 0 unspecified atom stereocenters. The first kappa shape index (κ1) is 21.6. The van der Waals surface area contributed by atoms with Crippen molar-refractivity contribution in [1.29, 1.82) is 0 Å². The van der Waals surface area contributed by atoms with E-state index >= 15 is 0 Å². The summed E-state index contributed by atoms with van der Waals surface area (Å²) in [5.74, 6) is -0.127. The summed E-state index contributed by atoms with van der Waals surface area (Å²) in [5.41, 5.74) is 1.20. The van der Waals surface area contributed by atoms with Crippen LogP contribution in [0.1, 0.15) is 11.1 Å². The van der Waals surface area contributed by atoms with E-state index in [0.717, 1.165) is 18.0 Å². The number of hydrogen-bond acceptors (Lipinski definition) is 9. The van der Waals surface area contributed by atoms with Crippen LogP contribution in [0.25, 0.3) is 0 Å². The molecule has 0 saturated carbocycles. The second-order valence-electron chi connectivity index (χ2n) is 6.73. The van der Waals surface area contributed by atoms with Crippen molar-refractivity contribution in [2.24, 2.45) is 0 Å². The lowest BCUT2D eigenvalue weighted by atomic mass is 10.1. The van der Waals surface area contributed by atoms with Gasteiger partial charge in [0.25, 0.3) is 0 Å². The van der Waals surface area contributed by atoms with Crippen molar-refractivity contribution in [2.45, 2.75) is 18.2 Å². The van der Waals surface area contributed by atoms with Gasteiger partial charge in [0.1, 0.15) is 12.4 Å². The molecule has 1 aliphatic heterocycles. The van der Waals surface area contributed by atoms with E-state index in [9.17, 15) is 23.3 Å². The summed E-state index contributed by atoms with van der Waals surface area (Å²) in [4.78, 5) is 31.6. The third-order valence-electron chi connectivity index (χ3n) is 4.88. The average Bonchev–Trinajstić information content (AvgIpc) is 2.75. The second kappa shape index (κ2) is 8.71. The first-order valence-corrected chi connectivity index (χ1v) is 10.5. The third-order valence-corrected chi connectivity index (χ3v) is 6.77. The Morgan fingerprint density at radius 3 is 2.40 bits per heavy atom. The SMILES string of the molecule is COC(=O)Cc1cc(S(=O)(=O)N2CCN(c3ncc([N+](=O)[O-])cn3)CC2)ccc1C. The number of sulfonamides is 1. The minimum Gasteiger partial charge on any atom is -0.469 e. The van der Waals surface area contributed by atoms with Gasteiger partial charge in [0.2, 0.25) is 16.0 Å². The number of anilines is 1. The fourth-order valence-corrected chi connectivity index (χ4v) is 4.55. The van der Waals surface area contributed by atoms with Crippen LogP contribution in [0.15, 0.2) is 35.5 Å². The van der Waals surface area contributed by atoms with Crippen molar-refractivity contribution in [3.05, 3.63) is 51.8 Å². The van der Waals surface area contributed by atoms with Crippen LogP contribution in [0.5, 0.6) is 0 Å². The monoisotopic (exact) mass is 435 g/mol. The second-order valence-corrected chi connectivity index (χ2v) is 8.67. The summed E-state index contributed by atoms with van der Waals surface area (Å²) in [7, 11) is -2.46. The number of aromatic nitrogens is 2. The fraction of sp³-hybridized carbons (Fsp3) is 0.389. The van der Waals surface area contributed by atoms with E-state index in [4.69, 9.17) is 0 Å². The topological polar surface area (TPSA) is 136 Å². The summed E-state index contributed by atoms with van der Waals surface area (Å²) in [6, 6.07) is 4.71. The van der Waals surface area contributed by atoms with Gasteiger partial charge in [0.05, 0.1) is 23.3 Å². The van der Waals surface area contributed by atoms with Crippen molar-refractivity contribution in [1.82, 2.24) is 14.3 Å². The molecule has 2 heterocycles. The fourth-order valence-electron chi connectivity index (χ4n) is 3.08. The third kappa shape index (κ3) is 4.54. The smallest absolute Gasteiger partial charge is 0.309 e. The minimum absolute atomic E-state index is 0.00302. The van der Waals surface area contributed by atoms with Crippen molar-refractivity contribution >= 4 is 27.6 Å². The predicted molar refractivity (Wildman–Crippen MR) is 107 cm³/mol. The van der Waals surface area contributed by atoms with E-state index in [0.29, 0.717) is 24.6 Å². The van der Waals surface area contributed by atoms with E-state index in [1.54, 1.807) is 17.9 Å². The molecule has 160 valence electrons. The molecule has 1 fully saturated rings. The van der Waals surface area contributed by atoms with Crippen LogP contribution in [0.3, 0.4) is 0 Å². The molecule has 1 aliphatic rings. The van der Waals surface area contributed by atoms with Crippen LogP contribution in [-0.2, 0) is 26.0 Å². The van der Waals surface area contributed by atoms with Crippen LogP contribution >= 0.6 is 0 Å². The number of esters is 1. The van der Waals surface area contributed by atoms with Gasteiger partial charge >= 0.3 is 11.7 Å². The highest BCUT2D eigenvalue weighted by atomic mass is 32.2. The number of aryl methyl sites for hydroxylation is 1.